The molecule has 1 saturated heterocycles. The Morgan fingerprint density at radius 1 is 1.07 bits per heavy atom. The molecule has 1 amide bonds. The van der Waals surface area contributed by atoms with Crippen LogP contribution in [0.2, 0.25) is 0 Å². The minimum absolute atomic E-state index is 0.0751. The average molecular weight is 407 g/mol. The molecular formula is C24H25NO5. The zero-order valence-electron chi connectivity index (χ0n) is 17.3. The van der Waals surface area contributed by atoms with Gasteiger partial charge < -0.3 is 19.1 Å². The van der Waals surface area contributed by atoms with Crippen LogP contribution in [-0.2, 0) is 4.79 Å². The van der Waals surface area contributed by atoms with Gasteiger partial charge in [0.2, 0.25) is 6.10 Å². The summed E-state index contributed by atoms with van der Waals surface area (Å²) in [6, 6.07) is 11.2. The molecule has 3 aliphatic rings. The van der Waals surface area contributed by atoms with E-state index in [-0.39, 0.29) is 18.3 Å². The summed E-state index contributed by atoms with van der Waals surface area (Å²) in [4.78, 5) is 27.6. The van der Waals surface area contributed by atoms with E-state index in [0.29, 0.717) is 55.2 Å². The van der Waals surface area contributed by atoms with Gasteiger partial charge >= 0.3 is 0 Å². The summed E-state index contributed by atoms with van der Waals surface area (Å²) < 4.78 is 18.0. The maximum absolute atomic E-state index is 13.0. The Balaban J connectivity index is 1.28. The second-order valence-electron chi connectivity index (χ2n) is 8.46. The number of aryl methyl sites for hydroxylation is 1. The lowest BCUT2D eigenvalue weighted by atomic mass is 9.81. The number of ketones is 1. The monoisotopic (exact) mass is 407 g/mol. The summed E-state index contributed by atoms with van der Waals surface area (Å²) in [5, 5.41) is 0. The average Bonchev–Trinajstić information content (AvgIpc) is 2.76. The maximum atomic E-state index is 13.0. The lowest BCUT2D eigenvalue weighted by Crippen LogP contribution is -2.55. The third-order valence-electron chi connectivity index (χ3n) is 6.55. The minimum atomic E-state index is -0.645. The van der Waals surface area contributed by atoms with Gasteiger partial charge in [0.15, 0.2) is 17.3 Å². The second-order valence-corrected chi connectivity index (χ2v) is 8.46. The normalized spacial score (nSPS) is 21.7. The van der Waals surface area contributed by atoms with Crippen molar-refractivity contribution < 1.29 is 23.8 Å². The molecule has 3 aliphatic heterocycles. The van der Waals surface area contributed by atoms with Gasteiger partial charge in [-0.05, 0) is 43.2 Å². The Hall–Kier alpha value is -3.02. The third-order valence-corrected chi connectivity index (χ3v) is 6.55. The van der Waals surface area contributed by atoms with Crippen molar-refractivity contribution in [1.29, 1.82) is 0 Å². The number of benzene rings is 2. The Morgan fingerprint density at radius 2 is 1.80 bits per heavy atom. The number of hydrogen-bond donors (Lipinski definition) is 0. The molecule has 0 aromatic heterocycles. The van der Waals surface area contributed by atoms with Gasteiger partial charge in [-0.2, -0.15) is 0 Å². The summed E-state index contributed by atoms with van der Waals surface area (Å²) in [7, 11) is 0. The fourth-order valence-corrected chi connectivity index (χ4v) is 4.54. The molecule has 0 N–H and O–H groups in total. The number of ether oxygens (including phenoxy) is 3. The summed E-state index contributed by atoms with van der Waals surface area (Å²) in [6.45, 7) is 5.30. The molecule has 156 valence electrons. The topological polar surface area (TPSA) is 65.1 Å². The van der Waals surface area contributed by atoms with Gasteiger partial charge in [0, 0.05) is 25.9 Å². The number of carbonyl (C=O) groups excluding carboxylic acids is 2. The Labute approximate surface area is 175 Å². The summed E-state index contributed by atoms with van der Waals surface area (Å²) in [5.41, 5.74) is 2.27. The van der Waals surface area contributed by atoms with Gasteiger partial charge in [0.1, 0.15) is 18.0 Å². The predicted octanol–water partition coefficient (Wildman–Crippen LogP) is 3.47. The molecule has 5 rings (SSSR count). The highest BCUT2D eigenvalue weighted by molar-refractivity contribution is 6.01. The molecule has 1 spiro atoms. The molecule has 1 atom stereocenters. The van der Waals surface area contributed by atoms with Crippen LogP contribution in [0.1, 0.15) is 40.7 Å². The van der Waals surface area contributed by atoms with Gasteiger partial charge in [-0.3, -0.25) is 9.59 Å². The minimum Gasteiger partial charge on any atom is -0.486 e. The van der Waals surface area contributed by atoms with E-state index >= 15 is 0 Å². The molecular weight excluding hydrogens is 382 g/mol. The molecule has 1 unspecified atom stereocenters. The smallest absolute Gasteiger partial charge is 0.267 e. The molecule has 0 saturated carbocycles. The van der Waals surface area contributed by atoms with E-state index < -0.39 is 11.7 Å². The molecule has 1 fully saturated rings. The van der Waals surface area contributed by atoms with Crippen LogP contribution < -0.4 is 14.2 Å². The van der Waals surface area contributed by atoms with E-state index in [1.54, 1.807) is 4.90 Å². The molecule has 2 aromatic rings. The molecule has 0 aliphatic carbocycles. The van der Waals surface area contributed by atoms with Crippen LogP contribution >= 0.6 is 0 Å². The van der Waals surface area contributed by atoms with Gasteiger partial charge in [0.05, 0.1) is 12.0 Å². The van der Waals surface area contributed by atoms with E-state index in [1.807, 2.05) is 50.2 Å². The van der Waals surface area contributed by atoms with Crippen molar-refractivity contribution >= 4 is 11.7 Å². The van der Waals surface area contributed by atoms with Crippen molar-refractivity contribution in [2.75, 3.05) is 19.7 Å². The first kappa shape index (κ1) is 19.0. The molecule has 2 aromatic carbocycles. The SMILES string of the molecule is Cc1ccc2c(c1C)OC1(CCN(C(=O)C3COc4ccccc4O3)CC1)CC2=O. The first-order valence-electron chi connectivity index (χ1n) is 10.5. The first-order chi connectivity index (χ1) is 14.5. The van der Waals surface area contributed by atoms with Gasteiger partial charge in [-0.15, -0.1) is 0 Å². The van der Waals surface area contributed by atoms with Gasteiger partial charge in [-0.25, -0.2) is 0 Å². The van der Waals surface area contributed by atoms with Crippen molar-refractivity contribution in [3.05, 3.63) is 53.1 Å². The fraction of sp³-hybridized carbons (Fsp3) is 0.417. The number of likely N-dealkylation sites (tertiary alicyclic amines) is 1. The lowest BCUT2D eigenvalue weighted by Gasteiger charge is -2.45. The zero-order valence-corrected chi connectivity index (χ0v) is 17.3. The van der Waals surface area contributed by atoms with E-state index in [1.165, 1.54) is 0 Å². The van der Waals surface area contributed by atoms with Crippen molar-refractivity contribution in [3.63, 3.8) is 0 Å². The Bertz CT molecular complexity index is 1020. The highest BCUT2D eigenvalue weighted by Gasteiger charge is 2.45. The third kappa shape index (κ3) is 3.11. The van der Waals surface area contributed by atoms with Crippen LogP contribution in [0.5, 0.6) is 17.2 Å². The number of piperidine rings is 1. The number of para-hydroxylation sites is 2. The molecule has 0 bridgehead atoms. The van der Waals surface area contributed by atoms with Crippen molar-refractivity contribution in [3.8, 4) is 17.2 Å². The van der Waals surface area contributed by atoms with Crippen LogP contribution in [0.25, 0.3) is 0 Å². The molecule has 3 heterocycles. The first-order valence-corrected chi connectivity index (χ1v) is 10.5. The molecule has 30 heavy (non-hydrogen) atoms. The van der Waals surface area contributed by atoms with Crippen LogP contribution in [-0.4, -0.2) is 48.0 Å². The van der Waals surface area contributed by atoms with E-state index in [0.717, 1.165) is 11.1 Å². The quantitative estimate of drug-likeness (QED) is 0.724. The van der Waals surface area contributed by atoms with Crippen LogP contribution in [0.3, 0.4) is 0 Å². The molecule has 0 radical (unpaired) electrons. The number of rotatable bonds is 1. The van der Waals surface area contributed by atoms with Crippen molar-refractivity contribution in [1.82, 2.24) is 4.90 Å². The lowest BCUT2D eigenvalue weighted by molar-refractivity contribution is -0.144. The summed E-state index contributed by atoms with van der Waals surface area (Å²) in [6.07, 6.45) is 0.970. The standard InChI is InChI=1S/C24H25NO5/c1-15-7-8-17-18(26)13-24(30-22(17)16(15)2)9-11-25(12-10-24)23(27)21-14-28-19-5-3-4-6-20(19)29-21/h3-8,21H,9-14H2,1-2H3. The van der Waals surface area contributed by atoms with Crippen LogP contribution in [0.15, 0.2) is 36.4 Å². The highest BCUT2D eigenvalue weighted by atomic mass is 16.6. The van der Waals surface area contributed by atoms with E-state index in [4.69, 9.17) is 14.2 Å². The van der Waals surface area contributed by atoms with Crippen molar-refractivity contribution in [2.24, 2.45) is 0 Å². The number of nitrogens with zero attached hydrogens (tertiary/aromatic N) is 1. The fourth-order valence-electron chi connectivity index (χ4n) is 4.54. The van der Waals surface area contributed by atoms with Gasteiger partial charge in [0.25, 0.3) is 5.91 Å². The number of fused-ring (bicyclic) bond motifs is 2. The molecule has 6 heteroatoms. The Kier molecular flexibility index (Phi) is 4.45. The number of amides is 1. The Morgan fingerprint density at radius 3 is 2.57 bits per heavy atom. The predicted molar refractivity (Wildman–Crippen MR) is 110 cm³/mol. The zero-order chi connectivity index (χ0) is 20.9. The second kappa shape index (κ2) is 7.04. The van der Waals surface area contributed by atoms with Crippen LogP contribution in [0, 0.1) is 13.8 Å². The summed E-state index contributed by atoms with van der Waals surface area (Å²) in [5.74, 6) is 2.03. The number of hydrogen-bond acceptors (Lipinski definition) is 5. The number of Topliss-reactive ketones (excluding diaryl/α,β-unsaturated/α-hetero) is 1. The maximum Gasteiger partial charge on any atom is 0.267 e. The number of carbonyl (C=O) groups is 2. The van der Waals surface area contributed by atoms with E-state index in [2.05, 4.69) is 0 Å². The largest absolute Gasteiger partial charge is 0.486 e. The van der Waals surface area contributed by atoms with Crippen molar-refractivity contribution in [2.45, 2.75) is 44.8 Å². The van der Waals surface area contributed by atoms with Gasteiger partial charge in [-0.1, -0.05) is 18.2 Å². The van der Waals surface area contributed by atoms with E-state index in [9.17, 15) is 9.59 Å². The highest BCUT2D eigenvalue weighted by Crippen LogP contribution is 2.42. The van der Waals surface area contributed by atoms with Crippen LogP contribution in [0.4, 0.5) is 0 Å². The summed E-state index contributed by atoms with van der Waals surface area (Å²) >= 11 is 0. The molecule has 6 nitrogen and oxygen atoms in total.